The molecule has 3 rings (SSSR count). The third-order valence-electron chi connectivity index (χ3n) is 5.65. The van der Waals surface area contributed by atoms with E-state index in [9.17, 15) is 4.79 Å². The van der Waals surface area contributed by atoms with Crippen molar-refractivity contribution in [2.24, 2.45) is 13.0 Å². The van der Waals surface area contributed by atoms with Crippen LogP contribution in [0.5, 0.6) is 0 Å². The van der Waals surface area contributed by atoms with E-state index in [-0.39, 0.29) is 11.7 Å². The van der Waals surface area contributed by atoms with E-state index in [4.69, 9.17) is 16.3 Å². The lowest BCUT2D eigenvalue weighted by Crippen LogP contribution is -2.46. The summed E-state index contributed by atoms with van der Waals surface area (Å²) in [5.41, 5.74) is 1.91. The van der Waals surface area contributed by atoms with Crippen LogP contribution in [0.3, 0.4) is 0 Å². The second kappa shape index (κ2) is 7.77. The summed E-state index contributed by atoms with van der Waals surface area (Å²) in [7, 11) is 1.89. The lowest BCUT2D eigenvalue weighted by Gasteiger charge is -2.37. The zero-order valence-corrected chi connectivity index (χ0v) is 17.2. The maximum atomic E-state index is 12.2. The zero-order valence-electron chi connectivity index (χ0n) is 16.4. The molecule has 2 aliphatic heterocycles. The molecule has 1 aromatic rings. The first kappa shape index (κ1) is 19.5. The monoisotopic (exact) mass is 382 g/mol. The minimum atomic E-state index is -0.295. The van der Waals surface area contributed by atoms with Gasteiger partial charge in [0, 0.05) is 51.6 Å². The van der Waals surface area contributed by atoms with Crippen LogP contribution in [0.1, 0.15) is 51.3 Å². The summed E-state index contributed by atoms with van der Waals surface area (Å²) < 4.78 is 7.58. The lowest BCUT2D eigenvalue weighted by molar-refractivity contribution is -0.00128. The highest BCUT2D eigenvalue weighted by molar-refractivity contribution is 6.30. The summed E-state index contributed by atoms with van der Waals surface area (Å²) >= 11 is 6.43. The number of halogens is 1. The Kier molecular flexibility index (Phi) is 5.82. The molecule has 2 aliphatic rings. The highest BCUT2D eigenvalue weighted by atomic mass is 35.5. The van der Waals surface area contributed by atoms with Gasteiger partial charge in [-0.3, -0.25) is 9.58 Å². The number of hydrogen-bond acceptors (Lipinski definition) is 4. The van der Waals surface area contributed by atoms with Crippen molar-refractivity contribution in [3.8, 4) is 0 Å². The number of rotatable bonds is 6. The molecular formula is C19H31ClN4O2. The number of ether oxygens (including phenoxy) is 1. The van der Waals surface area contributed by atoms with Gasteiger partial charge in [0.05, 0.1) is 12.2 Å². The third kappa shape index (κ3) is 4.01. The van der Waals surface area contributed by atoms with Gasteiger partial charge in [-0.15, -0.1) is 0 Å². The van der Waals surface area contributed by atoms with Gasteiger partial charge in [-0.05, 0) is 18.8 Å². The zero-order chi connectivity index (χ0) is 18.9. The van der Waals surface area contributed by atoms with Gasteiger partial charge >= 0.3 is 6.09 Å². The summed E-state index contributed by atoms with van der Waals surface area (Å²) in [6, 6.07) is 0. The van der Waals surface area contributed by atoms with Crippen LogP contribution in [0, 0.1) is 5.92 Å². The molecule has 7 heteroatoms. The third-order valence-corrected chi connectivity index (χ3v) is 6.13. The Bertz CT molecular complexity index is 650. The van der Waals surface area contributed by atoms with E-state index < -0.39 is 0 Å². The molecule has 6 nitrogen and oxygen atoms in total. The fourth-order valence-electron chi connectivity index (χ4n) is 3.92. The molecule has 0 aromatic carbocycles. The van der Waals surface area contributed by atoms with E-state index in [1.165, 1.54) is 0 Å². The minimum Gasteiger partial charge on any atom is -0.441 e. The molecule has 2 saturated heterocycles. The molecular weight excluding hydrogens is 352 g/mol. The average Bonchev–Trinajstić information content (AvgIpc) is 3.06. The van der Waals surface area contributed by atoms with Gasteiger partial charge in [0.1, 0.15) is 10.8 Å². The van der Waals surface area contributed by atoms with Crippen LogP contribution in [0.2, 0.25) is 5.15 Å². The molecule has 0 saturated carbocycles. The summed E-state index contributed by atoms with van der Waals surface area (Å²) in [6.07, 6.45) is 3.54. The molecule has 26 heavy (non-hydrogen) atoms. The van der Waals surface area contributed by atoms with E-state index in [1.54, 1.807) is 4.68 Å². The number of hydrogen-bond donors (Lipinski definition) is 0. The summed E-state index contributed by atoms with van der Waals surface area (Å²) in [6.45, 7) is 10.7. The van der Waals surface area contributed by atoms with Crippen LogP contribution >= 0.6 is 11.6 Å². The number of carbonyl (C=O) groups excluding carboxylic acids is 1. The number of amides is 1. The number of likely N-dealkylation sites (tertiary alicyclic amines) is 1. The summed E-state index contributed by atoms with van der Waals surface area (Å²) in [4.78, 5) is 16.5. The van der Waals surface area contributed by atoms with Crippen molar-refractivity contribution < 1.29 is 9.53 Å². The molecule has 2 fully saturated rings. The van der Waals surface area contributed by atoms with Crippen LogP contribution in [-0.2, 0) is 24.8 Å². The Labute approximate surface area is 161 Å². The standard InChI is InChI=1S/C19H31ClN4O2/c1-5-16-15(17(20)22(4)21-16)12-23-10-7-19(8-11-23)13-24(18(25)26-19)9-6-14(2)3/h14H,5-13H2,1-4H3. The Morgan fingerprint density at radius 2 is 2.00 bits per heavy atom. The Balaban J connectivity index is 1.57. The van der Waals surface area contributed by atoms with Crippen LogP contribution in [0.15, 0.2) is 0 Å². The number of carbonyl (C=O) groups is 1. The average molecular weight is 383 g/mol. The molecule has 3 heterocycles. The molecule has 146 valence electrons. The van der Waals surface area contributed by atoms with Gasteiger partial charge in [-0.2, -0.15) is 5.10 Å². The maximum Gasteiger partial charge on any atom is 0.410 e. The first-order chi connectivity index (χ1) is 12.3. The van der Waals surface area contributed by atoms with Gasteiger partial charge in [0.2, 0.25) is 0 Å². The molecule has 1 spiro atoms. The highest BCUT2D eigenvalue weighted by Gasteiger charge is 2.46. The number of aryl methyl sites for hydroxylation is 2. The Morgan fingerprint density at radius 3 is 2.62 bits per heavy atom. The van der Waals surface area contributed by atoms with Crippen LogP contribution < -0.4 is 0 Å². The second-order valence-corrected chi connectivity index (χ2v) is 8.48. The summed E-state index contributed by atoms with van der Waals surface area (Å²) in [5, 5.41) is 5.23. The van der Waals surface area contributed by atoms with Crippen molar-refractivity contribution in [3.05, 3.63) is 16.4 Å². The Morgan fingerprint density at radius 1 is 1.31 bits per heavy atom. The van der Waals surface area contributed by atoms with E-state index in [1.807, 2.05) is 11.9 Å². The quantitative estimate of drug-likeness (QED) is 0.755. The van der Waals surface area contributed by atoms with Crippen molar-refractivity contribution in [2.45, 2.75) is 58.6 Å². The predicted molar refractivity (Wildman–Crippen MR) is 102 cm³/mol. The fraction of sp³-hybridized carbons (Fsp3) is 0.789. The van der Waals surface area contributed by atoms with E-state index in [2.05, 4.69) is 30.8 Å². The van der Waals surface area contributed by atoms with Crippen molar-refractivity contribution in [1.82, 2.24) is 19.6 Å². The van der Waals surface area contributed by atoms with Gasteiger partial charge in [-0.1, -0.05) is 32.4 Å². The van der Waals surface area contributed by atoms with Crippen LogP contribution in [0.25, 0.3) is 0 Å². The van der Waals surface area contributed by atoms with Gasteiger partial charge < -0.3 is 9.64 Å². The van der Waals surface area contributed by atoms with E-state index >= 15 is 0 Å². The first-order valence-corrected chi connectivity index (χ1v) is 10.1. The van der Waals surface area contributed by atoms with E-state index in [0.29, 0.717) is 5.92 Å². The molecule has 0 aliphatic carbocycles. The van der Waals surface area contributed by atoms with Gasteiger partial charge in [-0.25, -0.2) is 4.79 Å². The molecule has 1 amide bonds. The van der Waals surface area contributed by atoms with Crippen LogP contribution in [0.4, 0.5) is 4.79 Å². The van der Waals surface area contributed by atoms with Crippen molar-refractivity contribution in [3.63, 3.8) is 0 Å². The minimum absolute atomic E-state index is 0.136. The smallest absolute Gasteiger partial charge is 0.410 e. The van der Waals surface area contributed by atoms with Gasteiger partial charge in [0.15, 0.2) is 0 Å². The molecule has 1 aromatic heterocycles. The first-order valence-electron chi connectivity index (χ1n) is 9.74. The Hall–Kier alpha value is -1.27. The number of piperidine rings is 1. The molecule has 0 atom stereocenters. The molecule has 0 unspecified atom stereocenters. The highest BCUT2D eigenvalue weighted by Crippen LogP contribution is 2.34. The summed E-state index contributed by atoms with van der Waals surface area (Å²) in [5.74, 6) is 0.596. The molecule has 0 bridgehead atoms. The van der Waals surface area contributed by atoms with Crippen molar-refractivity contribution in [2.75, 3.05) is 26.2 Å². The number of nitrogens with zero attached hydrogens (tertiary/aromatic N) is 4. The van der Waals surface area contributed by atoms with Crippen molar-refractivity contribution in [1.29, 1.82) is 0 Å². The largest absolute Gasteiger partial charge is 0.441 e. The lowest BCUT2D eigenvalue weighted by atomic mass is 9.91. The topological polar surface area (TPSA) is 50.6 Å². The normalized spacial score (nSPS) is 20.4. The molecule has 0 radical (unpaired) electrons. The maximum absolute atomic E-state index is 12.2. The predicted octanol–water partition coefficient (Wildman–Crippen LogP) is 3.47. The fourth-order valence-corrected chi connectivity index (χ4v) is 4.13. The van der Waals surface area contributed by atoms with Crippen molar-refractivity contribution >= 4 is 17.7 Å². The second-order valence-electron chi connectivity index (χ2n) is 8.12. The van der Waals surface area contributed by atoms with Gasteiger partial charge in [0.25, 0.3) is 0 Å². The number of aromatic nitrogens is 2. The molecule has 0 N–H and O–H groups in total. The SMILES string of the molecule is CCc1nn(C)c(Cl)c1CN1CCC2(CC1)CN(CCC(C)C)C(=O)O2. The van der Waals surface area contributed by atoms with Crippen LogP contribution in [-0.4, -0.2) is 57.5 Å². The van der Waals surface area contributed by atoms with E-state index in [0.717, 1.165) is 74.8 Å².